The summed E-state index contributed by atoms with van der Waals surface area (Å²) in [5.74, 6) is 0.599. The van der Waals surface area contributed by atoms with Crippen LogP contribution in [-0.4, -0.2) is 19.4 Å². The smallest absolute Gasteiger partial charge is 0.410 e. The third-order valence-electron chi connectivity index (χ3n) is 1.79. The van der Waals surface area contributed by atoms with Crippen LogP contribution in [0.3, 0.4) is 0 Å². The minimum absolute atomic E-state index is 0.440. The number of carbonyl (C=O) groups is 1. The van der Waals surface area contributed by atoms with Crippen molar-refractivity contribution in [2.24, 2.45) is 0 Å². The lowest BCUT2D eigenvalue weighted by atomic mass is 10.2. The lowest BCUT2D eigenvalue weighted by molar-refractivity contribution is 0.202. The first-order valence-corrected chi connectivity index (χ1v) is 5.44. The molecule has 1 amide bonds. The van der Waals surface area contributed by atoms with Crippen LogP contribution in [-0.2, 0) is 0 Å². The van der Waals surface area contributed by atoms with Crippen LogP contribution in [0, 0.1) is 6.92 Å². The largest absolute Gasteiger partial charge is 0.412 e. The topological polar surface area (TPSA) is 38.3 Å². The summed E-state index contributed by atoms with van der Waals surface area (Å²) >= 11 is 1.66. The second kappa shape index (κ2) is 4.91. The van der Waals surface area contributed by atoms with Crippen molar-refractivity contribution in [1.82, 2.24) is 5.32 Å². The number of ether oxygens (including phenoxy) is 1. The Morgan fingerprint density at radius 1 is 1.50 bits per heavy atom. The third-order valence-corrected chi connectivity index (χ3v) is 2.51. The van der Waals surface area contributed by atoms with Crippen LogP contribution < -0.4 is 10.1 Å². The molecule has 14 heavy (non-hydrogen) atoms. The van der Waals surface area contributed by atoms with Crippen LogP contribution in [0.1, 0.15) is 5.56 Å². The molecule has 0 unspecified atom stereocenters. The molecule has 0 radical (unpaired) electrons. The Morgan fingerprint density at radius 2 is 2.21 bits per heavy atom. The molecule has 1 rings (SSSR count). The minimum Gasteiger partial charge on any atom is -0.410 e. The number of hydrogen-bond acceptors (Lipinski definition) is 3. The van der Waals surface area contributed by atoms with Crippen LogP contribution in [0.5, 0.6) is 5.75 Å². The predicted octanol–water partition coefficient (Wildman–Crippen LogP) is 2.44. The maximum absolute atomic E-state index is 10.9. The Hall–Kier alpha value is -1.16. The van der Waals surface area contributed by atoms with E-state index in [0.29, 0.717) is 5.75 Å². The van der Waals surface area contributed by atoms with Crippen LogP contribution >= 0.6 is 11.8 Å². The Labute approximate surface area is 87.8 Å². The number of rotatable bonds is 2. The average Bonchev–Trinajstić information content (AvgIpc) is 2.20. The standard InChI is InChI=1S/C10H13NO2S/c1-7-6-8(14-3)4-5-9(7)13-10(12)11-2/h4-6H,1-3H3,(H,11,12). The number of thioether (sulfide) groups is 1. The summed E-state index contributed by atoms with van der Waals surface area (Å²) in [6, 6.07) is 5.72. The SMILES string of the molecule is CNC(=O)Oc1ccc(SC)cc1C. The molecule has 76 valence electrons. The summed E-state index contributed by atoms with van der Waals surface area (Å²) < 4.78 is 5.03. The van der Waals surface area contributed by atoms with Gasteiger partial charge in [0.05, 0.1) is 0 Å². The number of carbonyl (C=O) groups excluding carboxylic acids is 1. The van der Waals surface area contributed by atoms with Crippen LogP contribution in [0.15, 0.2) is 23.1 Å². The van der Waals surface area contributed by atoms with Gasteiger partial charge < -0.3 is 10.1 Å². The van der Waals surface area contributed by atoms with Crippen molar-refractivity contribution in [2.75, 3.05) is 13.3 Å². The fourth-order valence-electron chi connectivity index (χ4n) is 1.01. The number of aryl methyl sites for hydroxylation is 1. The zero-order valence-electron chi connectivity index (χ0n) is 8.46. The number of benzene rings is 1. The van der Waals surface area contributed by atoms with Crippen LogP contribution in [0.4, 0.5) is 4.79 Å². The molecule has 0 aromatic heterocycles. The fourth-order valence-corrected chi connectivity index (χ4v) is 1.51. The van der Waals surface area contributed by atoms with Crippen molar-refractivity contribution in [3.8, 4) is 5.75 Å². The van der Waals surface area contributed by atoms with Gasteiger partial charge in [-0.1, -0.05) is 0 Å². The molecule has 0 aliphatic rings. The van der Waals surface area contributed by atoms with Gasteiger partial charge in [-0.3, -0.25) is 0 Å². The minimum atomic E-state index is -0.440. The van der Waals surface area contributed by atoms with Crippen LogP contribution in [0.2, 0.25) is 0 Å². The summed E-state index contributed by atoms with van der Waals surface area (Å²) in [5.41, 5.74) is 0.959. The van der Waals surface area contributed by atoms with Gasteiger partial charge in [0, 0.05) is 11.9 Å². The molecule has 0 aliphatic carbocycles. The highest BCUT2D eigenvalue weighted by Gasteiger charge is 2.04. The van der Waals surface area contributed by atoms with Gasteiger partial charge in [0.15, 0.2) is 0 Å². The first-order valence-electron chi connectivity index (χ1n) is 4.21. The Balaban J connectivity index is 2.83. The van der Waals surface area contributed by atoms with E-state index in [1.807, 2.05) is 25.3 Å². The first-order chi connectivity index (χ1) is 6.67. The Morgan fingerprint density at radius 3 is 2.71 bits per heavy atom. The normalized spacial score (nSPS) is 9.64. The van der Waals surface area contributed by atoms with Gasteiger partial charge in [-0.05, 0) is 36.9 Å². The van der Waals surface area contributed by atoms with Crippen LogP contribution in [0.25, 0.3) is 0 Å². The molecule has 0 atom stereocenters. The number of nitrogens with one attached hydrogen (secondary N) is 1. The molecule has 0 saturated carbocycles. The van der Waals surface area contributed by atoms with E-state index in [9.17, 15) is 4.79 Å². The van der Waals surface area contributed by atoms with E-state index < -0.39 is 6.09 Å². The zero-order valence-corrected chi connectivity index (χ0v) is 9.27. The van der Waals surface area contributed by atoms with E-state index in [0.717, 1.165) is 10.5 Å². The van der Waals surface area contributed by atoms with Gasteiger partial charge in [-0.2, -0.15) is 0 Å². The molecule has 0 spiro atoms. The maximum Gasteiger partial charge on any atom is 0.412 e. The van der Waals surface area contributed by atoms with Crippen molar-refractivity contribution in [1.29, 1.82) is 0 Å². The van der Waals surface area contributed by atoms with E-state index in [1.165, 1.54) is 7.05 Å². The summed E-state index contributed by atoms with van der Waals surface area (Å²) in [6.45, 7) is 1.91. The second-order valence-corrected chi connectivity index (χ2v) is 3.65. The molecule has 1 aromatic rings. The molecule has 3 nitrogen and oxygen atoms in total. The fraction of sp³-hybridized carbons (Fsp3) is 0.300. The van der Waals surface area contributed by atoms with Gasteiger partial charge in [0.25, 0.3) is 0 Å². The molecular formula is C10H13NO2S. The second-order valence-electron chi connectivity index (χ2n) is 2.77. The molecular weight excluding hydrogens is 198 g/mol. The number of hydrogen-bond donors (Lipinski definition) is 1. The maximum atomic E-state index is 10.9. The van der Waals surface area contributed by atoms with Crippen molar-refractivity contribution < 1.29 is 9.53 Å². The average molecular weight is 211 g/mol. The van der Waals surface area contributed by atoms with Gasteiger partial charge in [0.2, 0.25) is 0 Å². The molecule has 0 fully saturated rings. The van der Waals surface area contributed by atoms with Crippen molar-refractivity contribution in [3.05, 3.63) is 23.8 Å². The molecule has 0 bridgehead atoms. The quantitative estimate of drug-likeness (QED) is 0.763. The van der Waals surface area contributed by atoms with Crippen molar-refractivity contribution in [3.63, 3.8) is 0 Å². The Bertz CT molecular complexity index is 339. The molecule has 1 N–H and O–H groups in total. The molecule has 4 heteroatoms. The van der Waals surface area contributed by atoms with Crippen molar-refractivity contribution >= 4 is 17.9 Å². The summed E-state index contributed by atoms with van der Waals surface area (Å²) in [5, 5.41) is 2.40. The first kappa shape index (κ1) is 10.9. The highest BCUT2D eigenvalue weighted by atomic mass is 32.2. The van der Waals surface area contributed by atoms with E-state index in [4.69, 9.17) is 4.74 Å². The van der Waals surface area contributed by atoms with Gasteiger partial charge in [-0.25, -0.2) is 4.79 Å². The molecule has 0 heterocycles. The van der Waals surface area contributed by atoms with E-state index in [2.05, 4.69) is 5.32 Å². The van der Waals surface area contributed by atoms with Crippen molar-refractivity contribution in [2.45, 2.75) is 11.8 Å². The highest BCUT2D eigenvalue weighted by molar-refractivity contribution is 7.98. The van der Waals surface area contributed by atoms with E-state index in [1.54, 1.807) is 17.8 Å². The lowest BCUT2D eigenvalue weighted by Crippen LogP contribution is -2.22. The molecule has 1 aromatic carbocycles. The van der Waals surface area contributed by atoms with Gasteiger partial charge in [-0.15, -0.1) is 11.8 Å². The van der Waals surface area contributed by atoms with Gasteiger partial charge >= 0.3 is 6.09 Å². The zero-order chi connectivity index (χ0) is 10.6. The summed E-state index contributed by atoms with van der Waals surface area (Å²) in [7, 11) is 1.54. The summed E-state index contributed by atoms with van der Waals surface area (Å²) in [6.07, 6.45) is 1.57. The lowest BCUT2D eigenvalue weighted by Gasteiger charge is -2.07. The third kappa shape index (κ3) is 2.67. The molecule has 0 aliphatic heterocycles. The highest BCUT2D eigenvalue weighted by Crippen LogP contribution is 2.23. The van der Waals surface area contributed by atoms with Gasteiger partial charge in [0.1, 0.15) is 5.75 Å². The molecule has 0 saturated heterocycles. The summed E-state index contributed by atoms with van der Waals surface area (Å²) in [4.78, 5) is 12.1. The van der Waals surface area contributed by atoms with E-state index >= 15 is 0 Å². The Kier molecular flexibility index (Phi) is 3.83. The monoisotopic (exact) mass is 211 g/mol. The number of amides is 1. The van der Waals surface area contributed by atoms with E-state index in [-0.39, 0.29) is 0 Å². The predicted molar refractivity (Wildman–Crippen MR) is 58.0 cm³/mol.